The molecule has 0 aromatic heterocycles. The summed E-state index contributed by atoms with van der Waals surface area (Å²) in [6, 6.07) is 4.15. The molecule has 1 aromatic carbocycles. The standard InChI is InChI=1S/C9H10N2O4/c1-15-7-4-5(8(10)11-14)2-3-6(7)9(12)13/h2-4,14H,1H3,(H2,10,11)(H,12,13). The summed E-state index contributed by atoms with van der Waals surface area (Å²) in [6.07, 6.45) is 0. The number of oxime groups is 1. The molecule has 0 aliphatic rings. The lowest BCUT2D eigenvalue weighted by atomic mass is 10.1. The van der Waals surface area contributed by atoms with E-state index in [9.17, 15) is 4.79 Å². The van der Waals surface area contributed by atoms with E-state index in [2.05, 4.69) is 5.16 Å². The second-order valence-corrected chi connectivity index (χ2v) is 2.71. The number of nitrogens with zero attached hydrogens (tertiary/aromatic N) is 1. The second-order valence-electron chi connectivity index (χ2n) is 2.71. The maximum Gasteiger partial charge on any atom is 0.339 e. The minimum absolute atomic E-state index is 0.0204. The number of hydrogen-bond acceptors (Lipinski definition) is 4. The van der Waals surface area contributed by atoms with Gasteiger partial charge in [-0.05, 0) is 12.1 Å². The Kier molecular flexibility index (Phi) is 3.12. The Balaban J connectivity index is 3.25. The Morgan fingerprint density at radius 3 is 2.67 bits per heavy atom. The number of carboxylic acids is 1. The zero-order chi connectivity index (χ0) is 11.4. The Hall–Kier alpha value is -2.24. The number of rotatable bonds is 3. The van der Waals surface area contributed by atoms with Gasteiger partial charge in [0.2, 0.25) is 0 Å². The van der Waals surface area contributed by atoms with Crippen molar-refractivity contribution in [3.05, 3.63) is 29.3 Å². The first-order valence-electron chi connectivity index (χ1n) is 3.99. The van der Waals surface area contributed by atoms with Crippen LogP contribution in [0.25, 0.3) is 0 Å². The molecule has 6 nitrogen and oxygen atoms in total. The fourth-order valence-electron chi connectivity index (χ4n) is 1.08. The average molecular weight is 210 g/mol. The Labute approximate surface area is 85.6 Å². The zero-order valence-corrected chi connectivity index (χ0v) is 7.97. The van der Waals surface area contributed by atoms with Crippen LogP contribution in [0, 0.1) is 0 Å². The van der Waals surface area contributed by atoms with Crippen molar-refractivity contribution in [3.8, 4) is 5.75 Å². The number of carbonyl (C=O) groups is 1. The van der Waals surface area contributed by atoms with Gasteiger partial charge in [0.1, 0.15) is 11.3 Å². The maximum atomic E-state index is 10.7. The number of hydrogen-bond donors (Lipinski definition) is 3. The molecule has 0 spiro atoms. The summed E-state index contributed by atoms with van der Waals surface area (Å²) < 4.78 is 4.87. The number of aromatic carboxylic acids is 1. The van der Waals surface area contributed by atoms with Crippen LogP contribution in [0.1, 0.15) is 15.9 Å². The van der Waals surface area contributed by atoms with Crippen LogP contribution < -0.4 is 10.5 Å². The molecule has 1 rings (SSSR count). The van der Waals surface area contributed by atoms with Crippen LogP contribution in [0.5, 0.6) is 5.75 Å². The van der Waals surface area contributed by atoms with E-state index in [1.807, 2.05) is 0 Å². The molecule has 0 amide bonds. The van der Waals surface area contributed by atoms with Gasteiger partial charge < -0.3 is 20.8 Å². The highest BCUT2D eigenvalue weighted by Gasteiger charge is 2.12. The van der Waals surface area contributed by atoms with Crippen molar-refractivity contribution in [3.63, 3.8) is 0 Å². The van der Waals surface area contributed by atoms with E-state index in [0.29, 0.717) is 5.56 Å². The number of carboxylic acid groups (broad SMARTS) is 1. The molecule has 0 saturated carbocycles. The van der Waals surface area contributed by atoms with Gasteiger partial charge in [0, 0.05) is 5.56 Å². The van der Waals surface area contributed by atoms with Crippen molar-refractivity contribution in [1.29, 1.82) is 0 Å². The van der Waals surface area contributed by atoms with Gasteiger partial charge in [-0.15, -0.1) is 0 Å². The lowest BCUT2D eigenvalue weighted by molar-refractivity contribution is 0.0693. The van der Waals surface area contributed by atoms with E-state index in [1.165, 1.54) is 25.3 Å². The normalized spacial score (nSPS) is 11.1. The predicted octanol–water partition coefficient (Wildman–Crippen LogP) is 0.488. The van der Waals surface area contributed by atoms with Crippen molar-refractivity contribution >= 4 is 11.8 Å². The van der Waals surface area contributed by atoms with E-state index in [0.717, 1.165) is 0 Å². The molecule has 0 heterocycles. The molecule has 0 saturated heterocycles. The molecule has 6 heteroatoms. The SMILES string of the molecule is COc1cc(/C(N)=N/O)ccc1C(=O)O. The van der Waals surface area contributed by atoms with E-state index in [-0.39, 0.29) is 17.1 Å². The van der Waals surface area contributed by atoms with Gasteiger partial charge in [-0.1, -0.05) is 11.2 Å². The van der Waals surface area contributed by atoms with E-state index in [1.54, 1.807) is 0 Å². The van der Waals surface area contributed by atoms with E-state index >= 15 is 0 Å². The Morgan fingerprint density at radius 1 is 1.53 bits per heavy atom. The topological polar surface area (TPSA) is 105 Å². The molecule has 0 unspecified atom stereocenters. The molecule has 4 N–H and O–H groups in total. The highest BCUT2D eigenvalue weighted by atomic mass is 16.5. The number of nitrogens with two attached hydrogens (primary N) is 1. The lowest BCUT2D eigenvalue weighted by Crippen LogP contribution is -2.13. The van der Waals surface area contributed by atoms with E-state index in [4.69, 9.17) is 20.8 Å². The monoisotopic (exact) mass is 210 g/mol. The molecule has 0 fully saturated rings. The molecular formula is C9H10N2O4. The third kappa shape index (κ3) is 2.16. The van der Waals surface area contributed by atoms with Crippen LogP contribution >= 0.6 is 0 Å². The predicted molar refractivity (Wildman–Crippen MR) is 52.5 cm³/mol. The number of amidine groups is 1. The third-order valence-corrected chi connectivity index (χ3v) is 1.84. The summed E-state index contributed by atoms with van der Waals surface area (Å²) >= 11 is 0. The zero-order valence-electron chi connectivity index (χ0n) is 7.97. The molecule has 15 heavy (non-hydrogen) atoms. The summed E-state index contributed by atoms with van der Waals surface area (Å²) in [5.74, 6) is -1.05. The van der Waals surface area contributed by atoms with E-state index < -0.39 is 5.97 Å². The fourth-order valence-corrected chi connectivity index (χ4v) is 1.08. The summed E-state index contributed by atoms with van der Waals surface area (Å²) in [4.78, 5) is 10.7. The molecular weight excluding hydrogens is 200 g/mol. The molecule has 0 radical (unpaired) electrons. The summed E-state index contributed by atoms with van der Waals surface area (Å²) in [7, 11) is 1.35. The smallest absolute Gasteiger partial charge is 0.339 e. The quantitative estimate of drug-likeness (QED) is 0.291. The number of ether oxygens (including phenoxy) is 1. The largest absolute Gasteiger partial charge is 0.496 e. The fraction of sp³-hybridized carbons (Fsp3) is 0.111. The third-order valence-electron chi connectivity index (χ3n) is 1.84. The molecule has 0 bridgehead atoms. The lowest BCUT2D eigenvalue weighted by Gasteiger charge is -2.06. The van der Waals surface area contributed by atoms with Gasteiger partial charge in [-0.2, -0.15) is 0 Å². The maximum absolute atomic E-state index is 10.7. The van der Waals surface area contributed by atoms with Crippen LogP contribution in [0.2, 0.25) is 0 Å². The highest BCUT2D eigenvalue weighted by Crippen LogP contribution is 2.19. The molecule has 80 valence electrons. The van der Waals surface area contributed by atoms with Gasteiger partial charge in [0.25, 0.3) is 0 Å². The minimum atomic E-state index is -1.10. The number of methoxy groups -OCH3 is 1. The van der Waals surface area contributed by atoms with Crippen molar-refractivity contribution in [2.75, 3.05) is 7.11 Å². The Morgan fingerprint density at radius 2 is 2.20 bits per heavy atom. The molecule has 0 aliphatic carbocycles. The average Bonchev–Trinajstić information content (AvgIpc) is 2.26. The van der Waals surface area contributed by atoms with Gasteiger partial charge in [-0.25, -0.2) is 4.79 Å². The second kappa shape index (κ2) is 4.32. The van der Waals surface area contributed by atoms with Gasteiger partial charge in [0.05, 0.1) is 7.11 Å². The number of benzene rings is 1. The summed E-state index contributed by atoms with van der Waals surface area (Å²) in [5.41, 5.74) is 5.75. The summed E-state index contributed by atoms with van der Waals surface area (Å²) in [6.45, 7) is 0. The van der Waals surface area contributed by atoms with Gasteiger partial charge in [-0.3, -0.25) is 0 Å². The van der Waals surface area contributed by atoms with Gasteiger partial charge >= 0.3 is 5.97 Å². The first-order chi connectivity index (χ1) is 7.10. The molecule has 1 aromatic rings. The summed E-state index contributed by atoms with van der Waals surface area (Å²) in [5, 5.41) is 20.0. The van der Waals surface area contributed by atoms with Crippen LogP contribution in [-0.2, 0) is 0 Å². The Bertz CT molecular complexity index is 415. The van der Waals surface area contributed by atoms with Crippen molar-refractivity contribution in [2.45, 2.75) is 0 Å². The molecule has 0 aliphatic heterocycles. The van der Waals surface area contributed by atoms with Crippen molar-refractivity contribution in [1.82, 2.24) is 0 Å². The van der Waals surface area contributed by atoms with Crippen LogP contribution in [0.4, 0.5) is 0 Å². The minimum Gasteiger partial charge on any atom is -0.496 e. The van der Waals surface area contributed by atoms with Crippen LogP contribution in [0.3, 0.4) is 0 Å². The molecule has 0 atom stereocenters. The van der Waals surface area contributed by atoms with Gasteiger partial charge in [0.15, 0.2) is 5.84 Å². The van der Waals surface area contributed by atoms with Crippen LogP contribution in [-0.4, -0.2) is 29.2 Å². The highest BCUT2D eigenvalue weighted by molar-refractivity contribution is 5.99. The van der Waals surface area contributed by atoms with Crippen molar-refractivity contribution < 1.29 is 19.8 Å². The first-order valence-corrected chi connectivity index (χ1v) is 3.99. The first kappa shape index (κ1) is 10.8. The van der Waals surface area contributed by atoms with Crippen molar-refractivity contribution in [2.24, 2.45) is 10.9 Å². The van der Waals surface area contributed by atoms with Crippen LogP contribution in [0.15, 0.2) is 23.4 Å².